The van der Waals surface area contributed by atoms with Gasteiger partial charge in [-0.3, -0.25) is 24.5 Å². The number of nitro groups is 1. The first kappa shape index (κ1) is 18.1. The molecule has 1 unspecified atom stereocenters. The van der Waals surface area contributed by atoms with E-state index in [4.69, 9.17) is 4.74 Å². The maximum atomic E-state index is 12.9. The minimum atomic E-state index is -0.678. The lowest BCUT2D eigenvalue weighted by Gasteiger charge is -2.23. The molecule has 1 aromatic heterocycles. The molecular weight excluding hydrogens is 336 g/mol. The minimum Gasteiger partial charge on any atom is -0.376 e. The number of aromatic nitrogens is 2. The van der Waals surface area contributed by atoms with Crippen molar-refractivity contribution >= 4 is 17.4 Å². The Labute approximate surface area is 151 Å². The number of benzene rings is 1. The lowest BCUT2D eigenvalue weighted by Crippen LogP contribution is -2.33. The first-order valence-corrected chi connectivity index (χ1v) is 8.42. The van der Waals surface area contributed by atoms with Gasteiger partial charge in [-0.15, -0.1) is 5.10 Å². The van der Waals surface area contributed by atoms with Crippen molar-refractivity contribution in [3.63, 3.8) is 0 Å². The predicted molar refractivity (Wildman–Crippen MR) is 95.6 cm³/mol. The fraction of sp³-hybridized carbons (Fsp3) is 0.444. The van der Waals surface area contributed by atoms with Crippen LogP contribution in [0.2, 0.25) is 0 Å². The monoisotopic (exact) mass is 358 g/mol. The van der Waals surface area contributed by atoms with Crippen molar-refractivity contribution in [1.82, 2.24) is 9.78 Å². The molecule has 1 aliphatic rings. The van der Waals surface area contributed by atoms with E-state index in [9.17, 15) is 14.9 Å². The van der Waals surface area contributed by atoms with Crippen LogP contribution in [-0.4, -0.2) is 33.8 Å². The molecule has 1 atom stereocenters. The fourth-order valence-corrected chi connectivity index (χ4v) is 3.18. The van der Waals surface area contributed by atoms with Gasteiger partial charge in [0.25, 0.3) is 0 Å². The Morgan fingerprint density at radius 1 is 1.35 bits per heavy atom. The lowest BCUT2D eigenvalue weighted by molar-refractivity contribution is -0.384. The van der Waals surface area contributed by atoms with Gasteiger partial charge in [-0.25, -0.2) is 0 Å². The summed E-state index contributed by atoms with van der Waals surface area (Å²) >= 11 is 0. The molecule has 0 aliphatic carbocycles. The summed E-state index contributed by atoms with van der Waals surface area (Å²) in [6, 6.07) is 9.80. The summed E-state index contributed by atoms with van der Waals surface area (Å²) in [5.74, 6) is -0.158. The minimum absolute atomic E-state index is 0.0830. The van der Waals surface area contributed by atoms with Crippen molar-refractivity contribution in [2.45, 2.75) is 20.5 Å². The molecule has 1 amide bonds. The molecule has 3 rings (SSSR count). The van der Waals surface area contributed by atoms with Crippen molar-refractivity contribution in [2.24, 2.45) is 18.4 Å². The zero-order valence-electron chi connectivity index (χ0n) is 15.1. The van der Waals surface area contributed by atoms with Gasteiger partial charge in [0.15, 0.2) is 0 Å². The van der Waals surface area contributed by atoms with Crippen LogP contribution < -0.4 is 4.90 Å². The molecule has 138 valence electrons. The second kappa shape index (κ2) is 6.87. The molecule has 1 saturated heterocycles. The highest BCUT2D eigenvalue weighted by molar-refractivity contribution is 6.00. The first-order valence-electron chi connectivity index (χ1n) is 8.42. The van der Waals surface area contributed by atoms with E-state index in [1.54, 1.807) is 7.05 Å². The molecule has 8 heteroatoms. The van der Waals surface area contributed by atoms with Crippen LogP contribution in [-0.2, 0) is 23.2 Å². The Bertz CT molecular complexity index is 816. The van der Waals surface area contributed by atoms with E-state index in [2.05, 4.69) is 5.10 Å². The fourth-order valence-electron chi connectivity index (χ4n) is 3.18. The number of carbonyl (C=O) groups excluding carboxylic acids is 1. The topological polar surface area (TPSA) is 90.5 Å². The molecule has 0 N–H and O–H groups in total. The third-order valence-electron chi connectivity index (χ3n) is 4.89. The zero-order chi connectivity index (χ0) is 18.9. The lowest BCUT2D eigenvalue weighted by atomic mass is 9.82. The number of rotatable bonds is 6. The van der Waals surface area contributed by atoms with Gasteiger partial charge in [0, 0.05) is 19.5 Å². The number of hydrogen-bond acceptors (Lipinski definition) is 5. The Morgan fingerprint density at radius 2 is 2.04 bits per heavy atom. The van der Waals surface area contributed by atoms with Gasteiger partial charge >= 0.3 is 5.69 Å². The second-order valence-corrected chi connectivity index (χ2v) is 7.10. The molecule has 1 fully saturated rings. The van der Waals surface area contributed by atoms with Crippen LogP contribution >= 0.6 is 0 Å². The number of anilines is 1. The van der Waals surface area contributed by atoms with Crippen molar-refractivity contribution in [1.29, 1.82) is 0 Å². The van der Waals surface area contributed by atoms with E-state index in [1.807, 2.05) is 44.2 Å². The van der Waals surface area contributed by atoms with Gasteiger partial charge in [-0.1, -0.05) is 44.2 Å². The normalized spacial score (nSPS) is 19.1. The molecule has 26 heavy (non-hydrogen) atoms. The Balaban J connectivity index is 1.73. The van der Waals surface area contributed by atoms with E-state index < -0.39 is 10.3 Å². The molecular formula is C18H22N4O4. The molecule has 0 saturated carbocycles. The summed E-state index contributed by atoms with van der Waals surface area (Å²) in [6.07, 6.45) is 1.31. The van der Waals surface area contributed by atoms with Gasteiger partial charge in [0.1, 0.15) is 6.20 Å². The maximum Gasteiger partial charge on any atom is 0.331 e. The molecule has 1 aromatic carbocycles. The van der Waals surface area contributed by atoms with Crippen LogP contribution in [0, 0.1) is 21.4 Å². The van der Waals surface area contributed by atoms with E-state index in [0.29, 0.717) is 19.8 Å². The Hall–Kier alpha value is -2.74. The number of hydrogen-bond donors (Lipinski definition) is 0. The molecule has 0 radical (unpaired) electrons. The van der Waals surface area contributed by atoms with E-state index in [1.165, 1.54) is 15.8 Å². The largest absolute Gasteiger partial charge is 0.376 e. The highest BCUT2D eigenvalue weighted by Gasteiger charge is 2.49. The second-order valence-electron chi connectivity index (χ2n) is 7.10. The van der Waals surface area contributed by atoms with E-state index in [-0.39, 0.29) is 23.3 Å². The summed E-state index contributed by atoms with van der Waals surface area (Å²) in [5.41, 5.74) is 0.219. The van der Waals surface area contributed by atoms with Crippen molar-refractivity contribution in [3.05, 3.63) is 52.2 Å². The average molecular weight is 358 g/mol. The third-order valence-corrected chi connectivity index (χ3v) is 4.89. The van der Waals surface area contributed by atoms with Gasteiger partial charge in [-0.2, -0.15) is 0 Å². The number of carbonyl (C=O) groups is 1. The molecule has 0 spiro atoms. The molecule has 2 aromatic rings. The van der Waals surface area contributed by atoms with E-state index >= 15 is 0 Å². The zero-order valence-corrected chi connectivity index (χ0v) is 15.1. The molecule has 0 bridgehead atoms. The molecule has 2 heterocycles. The van der Waals surface area contributed by atoms with Gasteiger partial charge in [0.2, 0.25) is 11.7 Å². The van der Waals surface area contributed by atoms with Gasteiger partial charge in [0.05, 0.1) is 23.6 Å². The summed E-state index contributed by atoms with van der Waals surface area (Å²) in [5, 5.41) is 15.4. The highest BCUT2D eigenvalue weighted by atomic mass is 16.6. The summed E-state index contributed by atoms with van der Waals surface area (Å²) in [6.45, 7) is 4.90. The first-order chi connectivity index (χ1) is 12.3. The van der Waals surface area contributed by atoms with Crippen LogP contribution in [0.15, 0.2) is 36.5 Å². The average Bonchev–Trinajstić information content (AvgIpc) is 3.08. The molecule has 8 nitrogen and oxygen atoms in total. The summed E-state index contributed by atoms with van der Waals surface area (Å²) < 4.78 is 7.17. The predicted octanol–water partition coefficient (Wildman–Crippen LogP) is 2.53. The maximum absolute atomic E-state index is 12.9. The highest BCUT2D eigenvalue weighted by Crippen LogP contribution is 2.41. The molecule has 1 aliphatic heterocycles. The van der Waals surface area contributed by atoms with Crippen molar-refractivity contribution in [2.75, 3.05) is 18.1 Å². The Kier molecular flexibility index (Phi) is 4.78. The number of amides is 1. The van der Waals surface area contributed by atoms with Crippen molar-refractivity contribution in [3.8, 4) is 0 Å². The van der Waals surface area contributed by atoms with Crippen LogP contribution in [0.3, 0.4) is 0 Å². The SMILES string of the molecule is Cn1cc([N+](=O)[O-])c(N2CC(COCc3ccccc3)C(C)(C)C2=O)n1. The van der Waals surface area contributed by atoms with Crippen LogP contribution in [0.25, 0.3) is 0 Å². The van der Waals surface area contributed by atoms with Crippen LogP contribution in [0.5, 0.6) is 0 Å². The summed E-state index contributed by atoms with van der Waals surface area (Å²) in [4.78, 5) is 25.0. The summed E-state index contributed by atoms with van der Waals surface area (Å²) in [7, 11) is 1.60. The van der Waals surface area contributed by atoms with Crippen molar-refractivity contribution < 1.29 is 14.5 Å². The standard InChI is InChI=1S/C18H22N4O4/c1-18(2)14(12-26-11-13-7-5-4-6-8-13)9-21(17(18)23)16-15(22(24)25)10-20(3)19-16/h4-8,10,14H,9,11-12H2,1-3H3. The van der Waals surface area contributed by atoms with Crippen LogP contribution in [0.4, 0.5) is 11.5 Å². The van der Waals surface area contributed by atoms with Crippen LogP contribution in [0.1, 0.15) is 19.4 Å². The quantitative estimate of drug-likeness (QED) is 0.585. The smallest absolute Gasteiger partial charge is 0.331 e. The van der Waals surface area contributed by atoms with E-state index in [0.717, 1.165) is 5.56 Å². The third kappa shape index (κ3) is 3.32. The number of ether oxygens (including phenoxy) is 1. The number of nitrogens with zero attached hydrogens (tertiary/aromatic N) is 4. The van der Waals surface area contributed by atoms with Gasteiger partial charge < -0.3 is 4.74 Å². The number of aryl methyl sites for hydroxylation is 1. The van der Waals surface area contributed by atoms with Gasteiger partial charge in [-0.05, 0) is 5.56 Å². The Morgan fingerprint density at radius 3 is 2.69 bits per heavy atom.